The van der Waals surface area contributed by atoms with E-state index in [0.717, 1.165) is 34.6 Å². The van der Waals surface area contributed by atoms with E-state index in [-0.39, 0.29) is 19.2 Å². The average molecular weight is 497 g/mol. The molecule has 0 amide bonds. The molecule has 1 aliphatic rings. The van der Waals surface area contributed by atoms with Crippen LogP contribution >= 0.6 is 0 Å². The van der Waals surface area contributed by atoms with Gasteiger partial charge in [-0.2, -0.15) is 0 Å². The molecule has 0 aromatic heterocycles. The second-order valence-corrected chi connectivity index (χ2v) is 10.8. The van der Waals surface area contributed by atoms with Crippen LogP contribution in [0.15, 0.2) is 72.8 Å². The maximum absolute atomic E-state index is 12.1. The minimum atomic E-state index is -0.385. The van der Waals surface area contributed by atoms with Crippen LogP contribution in [0.5, 0.6) is 0 Å². The average Bonchev–Trinajstić information content (AvgIpc) is 2.91. The fourth-order valence-electron chi connectivity index (χ4n) is 5.44. The zero-order valence-corrected chi connectivity index (χ0v) is 22.6. The molecule has 3 heteroatoms. The van der Waals surface area contributed by atoms with Gasteiger partial charge in [-0.05, 0) is 95.9 Å². The van der Waals surface area contributed by atoms with Crippen molar-refractivity contribution >= 4 is 5.97 Å². The van der Waals surface area contributed by atoms with Gasteiger partial charge >= 0.3 is 5.97 Å². The number of aliphatic hydroxyl groups excluding tert-OH is 1. The fourth-order valence-corrected chi connectivity index (χ4v) is 5.44. The van der Waals surface area contributed by atoms with Gasteiger partial charge in [-0.25, -0.2) is 4.79 Å². The summed E-state index contributed by atoms with van der Waals surface area (Å²) in [5, 5.41) is 9.23. The van der Waals surface area contributed by atoms with E-state index in [1.54, 1.807) is 6.92 Å². The highest BCUT2D eigenvalue weighted by molar-refractivity contribution is 5.87. The summed E-state index contributed by atoms with van der Waals surface area (Å²) in [5.41, 5.74) is 9.80. The lowest BCUT2D eigenvalue weighted by atomic mass is 9.79. The van der Waals surface area contributed by atoms with Crippen LogP contribution in [-0.2, 0) is 22.6 Å². The van der Waals surface area contributed by atoms with E-state index >= 15 is 0 Å². The Bertz CT molecular complexity index is 1230. The number of carbonyl (C=O) groups is 1. The Hall–Kier alpha value is -3.17. The molecule has 4 rings (SSSR count). The molecule has 1 fully saturated rings. The van der Waals surface area contributed by atoms with E-state index in [9.17, 15) is 9.90 Å². The van der Waals surface area contributed by atoms with E-state index in [0.29, 0.717) is 17.9 Å². The first-order valence-electron chi connectivity index (χ1n) is 13.6. The van der Waals surface area contributed by atoms with Crippen molar-refractivity contribution in [3.63, 3.8) is 0 Å². The van der Waals surface area contributed by atoms with Crippen molar-refractivity contribution in [3.05, 3.63) is 95.1 Å². The molecule has 1 N–H and O–H groups in total. The molecule has 3 aromatic rings. The smallest absolute Gasteiger partial charge is 0.333 e. The first-order chi connectivity index (χ1) is 17.9. The maximum atomic E-state index is 12.1. The van der Waals surface area contributed by atoms with Gasteiger partial charge in [0.15, 0.2) is 0 Å². The van der Waals surface area contributed by atoms with Gasteiger partial charge in [0, 0.05) is 12.2 Å². The predicted molar refractivity (Wildman–Crippen MR) is 152 cm³/mol. The van der Waals surface area contributed by atoms with Crippen molar-refractivity contribution in [1.29, 1.82) is 0 Å². The van der Waals surface area contributed by atoms with Crippen LogP contribution in [0.2, 0.25) is 0 Å². The monoisotopic (exact) mass is 496 g/mol. The van der Waals surface area contributed by atoms with E-state index in [1.807, 2.05) is 0 Å². The van der Waals surface area contributed by atoms with Gasteiger partial charge in [0.1, 0.15) is 6.61 Å². The molecule has 0 radical (unpaired) electrons. The maximum Gasteiger partial charge on any atom is 0.333 e. The molecule has 0 bridgehead atoms. The Morgan fingerprint density at radius 1 is 0.946 bits per heavy atom. The molecule has 0 spiro atoms. The molecular weight excluding hydrogens is 456 g/mol. The minimum absolute atomic E-state index is 0.156. The topological polar surface area (TPSA) is 46.5 Å². The zero-order valence-electron chi connectivity index (χ0n) is 22.6. The third kappa shape index (κ3) is 6.78. The lowest BCUT2D eigenvalue weighted by Gasteiger charge is -2.26. The molecule has 0 aliphatic heterocycles. The number of aryl methyl sites for hydroxylation is 2. The van der Waals surface area contributed by atoms with Gasteiger partial charge < -0.3 is 9.84 Å². The van der Waals surface area contributed by atoms with Gasteiger partial charge in [0.05, 0.1) is 0 Å². The summed E-state index contributed by atoms with van der Waals surface area (Å²) in [7, 11) is 0. The van der Waals surface area contributed by atoms with Crippen LogP contribution in [0.1, 0.15) is 74.1 Å². The van der Waals surface area contributed by atoms with E-state index < -0.39 is 0 Å². The van der Waals surface area contributed by atoms with Crippen LogP contribution < -0.4 is 0 Å². The van der Waals surface area contributed by atoms with Crippen LogP contribution in [0.25, 0.3) is 22.3 Å². The molecule has 0 heterocycles. The normalized spacial score (nSPS) is 17.4. The highest BCUT2D eigenvalue weighted by Crippen LogP contribution is 2.37. The van der Waals surface area contributed by atoms with E-state index in [4.69, 9.17) is 4.74 Å². The summed E-state index contributed by atoms with van der Waals surface area (Å²) >= 11 is 0. The highest BCUT2D eigenvalue weighted by atomic mass is 16.5. The molecule has 194 valence electrons. The Labute approximate surface area is 222 Å². The number of rotatable bonds is 9. The third-order valence-electron chi connectivity index (χ3n) is 7.75. The molecule has 0 atom stereocenters. The van der Waals surface area contributed by atoms with Gasteiger partial charge in [-0.1, -0.05) is 87.0 Å². The molecule has 37 heavy (non-hydrogen) atoms. The van der Waals surface area contributed by atoms with Crippen molar-refractivity contribution in [3.8, 4) is 22.3 Å². The van der Waals surface area contributed by atoms with Gasteiger partial charge in [-0.3, -0.25) is 0 Å². The van der Waals surface area contributed by atoms with E-state index in [2.05, 4.69) is 81.1 Å². The van der Waals surface area contributed by atoms with Crippen LogP contribution in [0.3, 0.4) is 0 Å². The summed E-state index contributed by atoms with van der Waals surface area (Å²) < 4.78 is 5.51. The van der Waals surface area contributed by atoms with E-state index in [1.165, 1.54) is 47.9 Å². The van der Waals surface area contributed by atoms with Crippen LogP contribution in [0.4, 0.5) is 0 Å². The minimum Gasteiger partial charge on any atom is -0.457 e. The Morgan fingerprint density at radius 2 is 1.62 bits per heavy atom. The van der Waals surface area contributed by atoms with Crippen molar-refractivity contribution < 1.29 is 14.6 Å². The number of aliphatic hydroxyl groups is 1. The lowest BCUT2D eigenvalue weighted by molar-refractivity contribution is -0.140. The first-order valence-corrected chi connectivity index (χ1v) is 13.6. The Kier molecular flexibility index (Phi) is 9.00. The summed E-state index contributed by atoms with van der Waals surface area (Å²) in [6, 6.07) is 22.1. The largest absolute Gasteiger partial charge is 0.457 e. The SMILES string of the molecule is C=C(C)C(=O)OCc1cc(CCCO)ccc1-c1ccc(-c2ccc(C3CCC(C)CC3)cc2)c(C)c1. The Morgan fingerprint density at radius 3 is 2.27 bits per heavy atom. The molecule has 3 aromatic carbocycles. The molecule has 3 nitrogen and oxygen atoms in total. The molecule has 0 unspecified atom stereocenters. The molecular formula is C34H40O3. The summed E-state index contributed by atoms with van der Waals surface area (Å²) in [4.78, 5) is 12.1. The van der Waals surface area contributed by atoms with Crippen molar-refractivity contribution in [2.75, 3.05) is 6.61 Å². The number of carbonyl (C=O) groups excluding carboxylic acids is 1. The third-order valence-corrected chi connectivity index (χ3v) is 7.75. The van der Waals surface area contributed by atoms with Crippen LogP contribution in [-0.4, -0.2) is 17.7 Å². The number of hydrogen-bond acceptors (Lipinski definition) is 3. The zero-order chi connectivity index (χ0) is 26.4. The highest BCUT2D eigenvalue weighted by Gasteiger charge is 2.20. The van der Waals surface area contributed by atoms with Gasteiger partial charge in [0.2, 0.25) is 0 Å². The van der Waals surface area contributed by atoms with Crippen molar-refractivity contribution in [2.45, 2.75) is 71.8 Å². The number of hydrogen-bond donors (Lipinski definition) is 1. The number of ether oxygens (including phenoxy) is 1. The van der Waals surface area contributed by atoms with Crippen molar-refractivity contribution in [2.24, 2.45) is 5.92 Å². The second-order valence-electron chi connectivity index (χ2n) is 10.8. The lowest BCUT2D eigenvalue weighted by Crippen LogP contribution is -2.10. The molecule has 0 saturated heterocycles. The van der Waals surface area contributed by atoms with Gasteiger partial charge in [0.25, 0.3) is 0 Å². The van der Waals surface area contributed by atoms with Crippen LogP contribution in [0, 0.1) is 12.8 Å². The van der Waals surface area contributed by atoms with Crippen molar-refractivity contribution in [1.82, 2.24) is 0 Å². The first kappa shape index (κ1) is 26.9. The fraction of sp³-hybridized carbons (Fsp3) is 0.382. The Balaban J connectivity index is 1.57. The number of esters is 1. The van der Waals surface area contributed by atoms with Gasteiger partial charge in [-0.15, -0.1) is 0 Å². The molecule has 1 aliphatic carbocycles. The standard InChI is InChI=1S/C34H40O3/c1-23(2)34(36)37-22-31-21-26(6-5-19-35)9-17-33(31)30-16-18-32(25(4)20-30)29-14-12-28(13-15-29)27-10-7-24(3)8-11-27/h9,12-18,20-21,24,27,35H,1,5-8,10-11,19,22H2,2-4H3. The quantitative estimate of drug-likeness (QED) is 0.240. The summed E-state index contributed by atoms with van der Waals surface area (Å²) in [6.07, 6.45) is 6.77. The predicted octanol–water partition coefficient (Wildman–Crippen LogP) is 8.17. The summed E-state index contributed by atoms with van der Waals surface area (Å²) in [6.45, 7) is 10.2. The second kappa shape index (κ2) is 12.4. The summed E-state index contributed by atoms with van der Waals surface area (Å²) in [5.74, 6) is 1.18. The number of benzene rings is 3. The molecule has 1 saturated carbocycles.